The third-order valence-electron chi connectivity index (χ3n) is 3.31. The first-order valence-corrected chi connectivity index (χ1v) is 8.57. The van der Waals surface area contributed by atoms with Crippen LogP contribution in [0.15, 0.2) is 63.9 Å². The third-order valence-corrected chi connectivity index (χ3v) is 4.32. The van der Waals surface area contributed by atoms with E-state index in [0.29, 0.717) is 18.1 Å². The van der Waals surface area contributed by atoms with Gasteiger partial charge in [-0.1, -0.05) is 41.0 Å². The van der Waals surface area contributed by atoms with Crippen LogP contribution >= 0.6 is 11.8 Å². The van der Waals surface area contributed by atoms with E-state index in [2.05, 4.69) is 15.5 Å². The van der Waals surface area contributed by atoms with Crippen LogP contribution in [-0.4, -0.2) is 21.9 Å². The number of rotatable bonds is 6. The molecule has 0 aliphatic carbocycles. The highest BCUT2D eigenvalue weighted by Crippen LogP contribution is 2.21. The summed E-state index contributed by atoms with van der Waals surface area (Å²) in [5.41, 5.74) is 1.98. The molecule has 3 aromatic rings. The number of hydrogen-bond acceptors (Lipinski definition) is 5. The zero-order valence-electron chi connectivity index (χ0n) is 13.2. The van der Waals surface area contributed by atoms with Crippen molar-refractivity contribution in [2.24, 2.45) is 0 Å². The van der Waals surface area contributed by atoms with Gasteiger partial charge in [-0.05, 0) is 31.2 Å². The fourth-order valence-electron chi connectivity index (χ4n) is 2.05. The zero-order chi connectivity index (χ0) is 16.8. The molecule has 5 nitrogen and oxygen atoms in total. The molecule has 0 saturated carbocycles. The highest BCUT2D eigenvalue weighted by molar-refractivity contribution is 7.99. The van der Waals surface area contributed by atoms with Crippen LogP contribution in [0.2, 0.25) is 0 Å². The molecule has 0 fully saturated rings. The van der Waals surface area contributed by atoms with E-state index in [-0.39, 0.29) is 11.9 Å². The van der Waals surface area contributed by atoms with E-state index >= 15 is 0 Å². The third kappa shape index (κ3) is 4.45. The van der Waals surface area contributed by atoms with Crippen molar-refractivity contribution in [1.29, 1.82) is 0 Å². The first-order valence-electron chi connectivity index (χ1n) is 7.59. The van der Waals surface area contributed by atoms with Crippen LogP contribution in [0.1, 0.15) is 12.0 Å². The highest BCUT2D eigenvalue weighted by atomic mass is 32.2. The van der Waals surface area contributed by atoms with Gasteiger partial charge in [-0.25, -0.2) is 0 Å². The minimum atomic E-state index is -0.141. The molecule has 0 saturated heterocycles. The molecule has 0 spiro atoms. The second-order valence-corrected chi connectivity index (χ2v) is 6.41. The molecule has 122 valence electrons. The van der Waals surface area contributed by atoms with Crippen molar-refractivity contribution in [1.82, 2.24) is 10.2 Å². The Kier molecular flexibility index (Phi) is 5.28. The van der Waals surface area contributed by atoms with E-state index in [9.17, 15) is 4.79 Å². The average molecular weight is 339 g/mol. The molecule has 1 N–H and O–H groups in total. The molecule has 0 aliphatic rings. The lowest BCUT2D eigenvalue weighted by Gasteiger charge is -2.01. The SMILES string of the molecule is Cc1ccc(-c2nnc(NC(=O)CCSc3ccccc3)o2)cc1. The summed E-state index contributed by atoms with van der Waals surface area (Å²) in [6, 6.07) is 17.9. The van der Waals surface area contributed by atoms with E-state index in [1.807, 2.05) is 61.5 Å². The van der Waals surface area contributed by atoms with Gasteiger partial charge in [0.1, 0.15) is 0 Å². The number of nitrogens with one attached hydrogen (secondary N) is 1. The van der Waals surface area contributed by atoms with Crippen molar-refractivity contribution in [3.05, 3.63) is 60.2 Å². The van der Waals surface area contributed by atoms with E-state index < -0.39 is 0 Å². The number of anilines is 1. The summed E-state index contributed by atoms with van der Waals surface area (Å²) < 4.78 is 5.48. The Morgan fingerprint density at radius 2 is 1.83 bits per heavy atom. The Balaban J connectivity index is 1.51. The lowest BCUT2D eigenvalue weighted by molar-refractivity contribution is -0.115. The molecule has 1 heterocycles. The van der Waals surface area contributed by atoms with Crippen LogP contribution in [0.5, 0.6) is 0 Å². The van der Waals surface area contributed by atoms with E-state index in [4.69, 9.17) is 4.42 Å². The van der Waals surface area contributed by atoms with E-state index in [1.165, 1.54) is 0 Å². The predicted molar refractivity (Wildman–Crippen MR) is 94.9 cm³/mol. The van der Waals surface area contributed by atoms with Crippen LogP contribution in [-0.2, 0) is 4.79 Å². The fraction of sp³-hybridized carbons (Fsp3) is 0.167. The van der Waals surface area contributed by atoms with Crippen LogP contribution in [0, 0.1) is 6.92 Å². The van der Waals surface area contributed by atoms with Gasteiger partial charge in [0.15, 0.2) is 0 Å². The first kappa shape index (κ1) is 16.3. The van der Waals surface area contributed by atoms with Crippen LogP contribution in [0.25, 0.3) is 11.5 Å². The maximum absolute atomic E-state index is 11.9. The number of aryl methyl sites for hydroxylation is 1. The van der Waals surface area contributed by atoms with Crippen molar-refractivity contribution >= 4 is 23.7 Å². The molecule has 24 heavy (non-hydrogen) atoms. The van der Waals surface area contributed by atoms with Crippen LogP contribution in [0.4, 0.5) is 6.01 Å². The molecule has 0 aliphatic heterocycles. The minimum absolute atomic E-state index is 0.125. The molecule has 1 amide bonds. The Morgan fingerprint density at radius 3 is 2.58 bits per heavy atom. The Hall–Kier alpha value is -2.60. The van der Waals surface area contributed by atoms with Crippen molar-refractivity contribution in [2.45, 2.75) is 18.2 Å². The number of carbonyl (C=O) groups excluding carboxylic acids is 1. The first-order chi connectivity index (χ1) is 11.7. The van der Waals surface area contributed by atoms with Crippen molar-refractivity contribution in [2.75, 3.05) is 11.1 Å². The normalized spacial score (nSPS) is 10.5. The minimum Gasteiger partial charge on any atom is -0.403 e. The second kappa shape index (κ2) is 7.79. The van der Waals surface area contributed by atoms with Gasteiger partial charge in [-0.2, -0.15) is 0 Å². The Labute approximate surface area is 144 Å². The number of amides is 1. The van der Waals surface area contributed by atoms with Crippen molar-refractivity contribution < 1.29 is 9.21 Å². The average Bonchev–Trinajstić information content (AvgIpc) is 3.05. The summed E-state index contributed by atoms with van der Waals surface area (Å²) in [6.45, 7) is 2.01. The van der Waals surface area contributed by atoms with Gasteiger partial charge >= 0.3 is 6.01 Å². The molecule has 1 aromatic heterocycles. The number of benzene rings is 2. The fourth-order valence-corrected chi connectivity index (χ4v) is 2.92. The Bertz CT molecular complexity index is 801. The molecule has 6 heteroatoms. The van der Waals surface area contributed by atoms with Crippen molar-refractivity contribution in [3.63, 3.8) is 0 Å². The largest absolute Gasteiger partial charge is 0.403 e. The standard InChI is InChI=1S/C18H17N3O2S/c1-13-7-9-14(10-8-13)17-20-21-18(23-17)19-16(22)11-12-24-15-5-3-2-4-6-15/h2-10H,11-12H2,1H3,(H,19,21,22). The van der Waals surface area contributed by atoms with Gasteiger partial charge in [0.2, 0.25) is 11.8 Å². The van der Waals surface area contributed by atoms with Gasteiger partial charge in [0.25, 0.3) is 0 Å². The molecule has 0 atom stereocenters. The van der Waals surface area contributed by atoms with Crippen molar-refractivity contribution in [3.8, 4) is 11.5 Å². The van der Waals surface area contributed by atoms with Gasteiger partial charge in [0, 0.05) is 22.6 Å². The Morgan fingerprint density at radius 1 is 1.08 bits per heavy atom. The molecular weight excluding hydrogens is 322 g/mol. The molecule has 0 radical (unpaired) electrons. The number of carbonyl (C=O) groups is 1. The summed E-state index contributed by atoms with van der Waals surface area (Å²) in [6.07, 6.45) is 0.377. The lowest BCUT2D eigenvalue weighted by Crippen LogP contribution is -2.12. The van der Waals surface area contributed by atoms with E-state index in [0.717, 1.165) is 16.0 Å². The summed E-state index contributed by atoms with van der Waals surface area (Å²) in [7, 11) is 0. The highest BCUT2D eigenvalue weighted by Gasteiger charge is 2.11. The smallest absolute Gasteiger partial charge is 0.322 e. The summed E-state index contributed by atoms with van der Waals surface area (Å²) in [5, 5.41) is 10.5. The monoisotopic (exact) mass is 339 g/mol. The van der Waals surface area contributed by atoms with Gasteiger partial charge in [-0.15, -0.1) is 16.9 Å². The molecule has 0 unspecified atom stereocenters. The summed E-state index contributed by atoms with van der Waals surface area (Å²) in [4.78, 5) is 13.1. The molecule has 0 bridgehead atoms. The van der Waals surface area contributed by atoms with E-state index in [1.54, 1.807) is 11.8 Å². The zero-order valence-corrected chi connectivity index (χ0v) is 14.0. The topological polar surface area (TPSA) is 68.0 Å². The molecule has 2 aromatic carbocycles. The van der Waals surface area contributed by atoms with Crippen LogP contribution in [0.3, 0.4) is 0 Å². The number of nitrogens with zero attached hydrogens (tertiary/aromatic N) is 2. The lowest BCUT2D eigenvalue weighted by atomic mass is 10.1. The molecule has 3 rings (SSSR count). The maximum atomic E-state index is 11.9. The molecular formula is C18H17N3O2S. The quantitative estimate of drug-likeness (QED) is 0.683. The summed E-state index contributed by atoms with van der Waals surface area (Å²) >= 11 is 1.64. The van der Waals surface area contributed by atoms with Crippen LogP contribution < -0.4 is 5.32 Å². The second-order valence-electron chi connectivity index (χ2n) is 5.24. The van der Waals surface area contributed by atoms with Gasteiger partial charge in [-0.3, -0.25) is 10.1 Å². The van der Waals surface area contributed by atoms with Gasteiger partial charge < -0.3 is 4.42 Å². The number of aromatic nitrogens is 2. The number of hydrogen-bond donors (Lipinski definition) is 1. The number of thioether (sulfide) groups is 1. The summed E-state index contributed by atoms with van der Waals surface area (Å²) in [5.74, 6) is 0.941. The predicted octanol–water partition coefficient (Wildman–Crippen LogP) is 4.17. The van der Waals surface area contributed by atoms with Gasteiger partial charge in [0.05, 0.1) is 0 Å². The maximum Gasteiger partial charge on any atom is 0.322 e.